The van der Waals surface area contributed by atoms with Crippen molar-refractivity contribution in [3.05, 3.63) is 35.6 Å². The standard InChI is InChI=1S/C16H21FN2O2/c1-13(20)18-8-3-9-19(11-10-18)16(21)7-6-14-4-2-5-15(17)12-14/h2,4-5,12H,3,6-11H2,1H3. The van der Waals surface area contributed by atoms with Crippen molar-refractivity contribution < 1.29 is 14.0 Å². The average molecular weight is 292 g/mol. The van der Waals surface area contributed by atoms with Gasteiger partial charge >= 0.3 is 0 Å². The molecule has 1 aromatic carbocycles. The first kappa shape index (κ1) is 15.5. The number of aryl methyl sites for hydroxylation is 1. The summed E-state index contributed by atoms with van der Waals surface area (Å²) in [6.45, 7) is 4.14. The molecule has 0 atom stereocenters. The highest BCUT2D eigenvalue weighted by molar-refractivity contribution is 5.77. The second-order valence-corrected chi connectivity index (χ2v) is 5.37. The molecule has 2 rings (SSSR count). The van der Waals surface area contributed by atoms with Crippen LogP contribution in [0.15, 0.2) is 24.3 Å². The fourth-order valence-electron chi connectivity index (χ4n) is 2.58. The monoisotopic (exact) mass is 292 g/mol. The Bertz CT molecular complexity index is 519. The van der Waals surface area contributed by atoms with Crippen LogP contribution in [0.2, 0.25) is 0 Å². The highest BCUT2D eigenvalue weighted by Gasteiger charge is 2.19. The van der Waals surface area contributed by atoms with Gasteiger partial charge < -0.3 is 9.80 Å². The quantitative estimate of drug-likeness (QED) is 0.853. The van der Waals surface area contributed by atoms with Crippen molar-refractivity contribution in [2.45, 2.75) is 26.2 Å². The second-order valence-electron chi connectivity index (χ2n) is 5.37. The summed E-state index contributed by atoms with van der Waals surface area (Å²) in [7, 11) is 0. The average Bonchev–Trinajstić information content (AvgIpc) is 2.71. The van der Waals surface area contributed by atoms with E-state index in [4.69, 9.17) is 0 Å². The SMILES string of the molecule is CC(=O)N1CCCN(C(=O)CCc2cccc(F)c2)CC1. The lowest BCUT2D eigenvalue weighted by atomic mass is 10.1. The molecule has 1 fully saturated rings. The Balaban J connectivity index is 1.84. The van der Waals surface area contributed by atoms with Crippen LogP contribution in [-0.2, 0) is 16.0 Å². The van der Waals surface area contributed by atoms with Gasteiger partial charge in [-0.05, 0) is 30.5 Å². The summed E-state index contributed by atoms with van der Waals surface area (Å²) in [5.41, 5.74) is 0.837. The normalized spacial score (nSPS) is 15.7. The van der Waals surface area contributed by atoms with E-state index in [1.54, 1.807) is 17.9 Å². The summed E-state index contributed by atoms with van der Waals surface area (Å²) >= 11 is 0. The Morgan fingerprint density at radius 2 is 1.86 bits per heavy atom. The van der Waals surface area contributed by atoms with Crippen molar-refractivity contribution in [3.63, 3.8) is 0 Å². The summed E-state index contributed by atoms with van der Waals surface area (Å²) in [4.78, 5) is 27.2. The largest absolute Gasteiger partial charge is 0.341 e. The Morgan fingerprint density at radius 1 is 1.14 bits per heavy atom. The third kappa shape index (κ3) is 4.55. The Kier molecular flexibility index (Phi) is 5.31. The minimum atomic E-state index is -0.271. The molecule has 0 spiro atoms. The summed E-state index contributed by atoms with van der Waals surface area (Å²) in [6, 6.07) is 6.35. The zero-order valence-corrected chi connectivity index (χ0v) is 12.3. The molecule has 21 heavy (non-hydrogen) atoms. The molecule has 1 aliphatic rings. The van der Waals surface area contributed by atoms with E-state index in [0.717, 1.165) is 12.0 Å². The zero-order valence-electron chi connectivity index (χ0n) is 12.3. The van der Waals surface area contributed by atoms with Crippen molar-refractivity contribution >= 4 is 11.8 Å². The van der Waals surface area contributed by atoms with E-state index >= 15 is 0 Å². The molecule has 1 aromatic rings. The highest BCUT2D eigenvalue weighted by Crippen LogP contribution is 2.10. The lowest BCUT2D eigenvalue weighted by molar-refractivity contribution is -0.132. The maximum Gasteiger partial charge on any atom is 0.222 e. The molecule has 0 radical (unpaired) electrons. The fourth-order valence-corrected chi connectivity index (χ4v) is 2.58. The molecule has 114 valence electrons. The number of benzene rings is 1. The third-order valence-corrected chi connectivity index (χ3v) is 3.81. The van der Waals surface area contributed by atoms with E-state index in [0.29, 0.717) is 39.0 Å². The fraction of sp³-hybridized carbons (Fsp3) is 0.500. The van der Waals surface area contributed by atoms with Gasteiger partial charge in [0.05, 0.1) is 0 Å². The number of halogens is 1. The molecule has 5 heteroatoms. The van der Waals surface area contributed by atoms with E-state index in [2.05, 4.69) is 0 Å². The number of nitrogens with zero attached hydrogens (tertiary/aromatic N) is 2. The molecule has 0 bridgehead atoms. The molecular formula is C16H21FN2O2. The van der Waals surface area contributed by atoms with E-state index in [1.165, 1.54) is 12.1 Å². The van der Waals surface area contributed by atoms with Gasteiger partial charge in [-0.1, -0.05) is 12.1 Å². The van der Waals surface area contributed by atoms with Crippen LogP contribution in [0.5, 0.6) is 0 Å². The van der Waals surface area contributed by atoms with Gasteiger partial charge in [-0.25, -0.2) is 4.39 Å². The Hall–Kier alpha value is -1.91. The minimum Gasteiger partial charge on any atom is -0.341 e. The molecule has 4 nitrogen and oxygen atoms in total. The molecule has 1 saturated heterocycles. The van der Waals surface area contributed by atoms with Gasteiger partial charge in [0, 0.05) is 39.5 Å². The lowest BCUT2D eigenvalue weighted by Gasteiger charge is -2.21. The van der Waals surface area contributed by atoms with Crippen molar-refractivity contribution in [1.82, 2.24) is 9.80 Å². The molecule has 0 saturated carbocycles. The van der Waals surface area contributed by atoms with Crippen molar-refractivity contribution in [3.8, 4) is 0 Å². The molecule has 1 aliphatic heterocycles. The van der Waals surface area contributed by atoms with Crippen molar-refractivity contribution in [2.24, 2.45) is 0 Å². The molecule has 2 amide bonds. The minimum absolute atomic E-state index is 0.0593. The first-order chi connectivity index (χ1) is 10.1. The predicted octanol–water partition coefficient (Wildman–Crippen LogP) is 1.84. The van der Waals surface area contributed by atoms with E-state index in [1.807, 2.05) is 11.0 Å². The van der Waals surface area contributed by atoms with Crippen LogP contribution in [0.1, 0.15) is 25.3 Å². The first-order valence-electron chi connectivity index (χ1n) is 7.34. The molecular weight excluding hydrogens is 271 g/mol. The van der Waals surface area contributed by atoms with Crippen LogP contribution < -0.4 is 0 Å². The molecule has 0 unspecified atom stereocenters. The van der Waals surface area contributed by atoms with E-state index in [9.17, 15) is 14.0 Å². The Labute approximate surface area is 124 Å². The van der Waals surface area contributed by atoms with Gasteiger partial charge in [0.25, 0.3) is 0 Å². The van der Waals surface area contributed by atoms with Gasteiger partial charge in [-0.15, -0.1) is 0 Å². The van der Waals surface area contributed by atoms with Crippen molar-refractivity contribution in [2.75, 3.05) is 26.2 Å². The Morgan fingerprint density at radius 3 is 2.57 bits per heavy atom. The van der Waals surface area contributed by atoms with Crippen LogP contribution in [0, 0.1) is 5.82 Å². The number of rotatable bonds is 3. The van der Waals surface area contributed by atoms with Crippen LogP contribution in [0.4, 0.5) is 4.39 Å². The number of amides is 2. The van der Waals surface area contributed by atoms with Crippen LogP contribution >= 0.6 is 0 Å². The topological polar surface area (TPSA) is 40.6 Å². The second kappa shape index (κ2) is 7.20. The zero-order chi connectivity index (χ0) is 15.2. The number of hydrogen-bond acceptors (Lipinski definition) is 2. The summed E-state index contributed by atoms with van der Waals surface area (Å²) in [5.74, 6) is -0.138. The van der Waals surface area contributed by atoms with Gasteiger partial charge in [0.2, 0.25) is 11.8 Å². The summed E-state index contributed by atoms with van der Waals surface area (Å²) < 4.78 is 13.1. The van der Waals surface area contributed by atoms with Crippen LogP contribution in [0.25, 0.3) is 0 Å². The maximum atomic E-state index is 13.1. The van der Waals surface area contributed by atoms with Crippen LogP contribution in [-0.4, -0.2) is 47.8 Å². The molecule has 1 heterocycles. The summed E-state index contributed by atoms with van der Waals surface area (Å²) in [5, 5.41) is 0. The molecule has 0 aliphatic carbocycles. The van der Waals surface area contributed by atoms with E-state index in [-0.39, 0.29) is 17.6 Å². The van der Waals surface area contributed by atoms with Gasteiger partial charge in [0.15, 0.2) is 0 Å². The number of carbonyl (C=O) groups excluding carboxylic acids is 2. The lowest BCUT2D eigenvalue weighted by Crippen LogP contribution is -2.36. The third-order valence-electron chi connectivity index (χ3n) is 3.81. The van der Waals surface area contributed by atoms with Crippen LogP contribution in [0.3, 0.4) is 0 Å². The number of hydrogen-bond donors (Lipinski definition) is 0. The molecule has 0 aromatic heterocycles. The first-order valence-corrected chi connectivity index (χ1v) is 7.34. The highest BCUT2D eigenvalue weighted by atomic mass is 19.1. The predicted molar refractivity (Wildman–Crippen MR) is 78.2 cm³/mol. The van der Waals surface area contributed by atoms with Gasteiger partial charge in [-0.2, -0.15) is 0 Å². The van der Waals surface area contributed by atoms with Crippen molar-refractivity contribution in [1.29, 1.82) is 0 Å². The van der Waals surface area contributed by atoms with Gasteiger partial charge in [0.1, 0.15) is 5.82 Å². The summed E-state index contributed by atoms with van der Waals surface area (Å²) in [6.07, 6.45) is 1.73. The number of carbonyl (C=O) groups is 2. The molecule has 0 N–H and O–H groups in total. The van der Waals surface area contributed by atoms with Gasteiger partial charge in [-0.3, -0.25) is 9.59 Å². The smallest absolute Gasteiger partial charge is 0.222 e. The maximum absolute atomic E-state index is 13.1. The van der Waals surface area contributed by atoms with E-state index < -0.39 is 0 Å².